The summed E-state index contributed by atoms with van der Waals surface area (Å²) >= 11 is 0. The minimum Gasteiger partial charge on any atom is -0.384 e. The standard InChI is InChI=1S/C15H15N3O2/c1-11-14(10-18(2)17-11)15(20)16-13-7-3-5-12(9-13)6-4-8-19/h3,5,7,9-10,19H,8H2,1-2H3,(H,16,20). The van der Waals surface area contributed by atoms with E-state index in [2.05, 4.69) is 22.3 Å². The highest BCUT2D eigenvalue weighted by atomic mass is 16.2. The molecule has 0 aliphatic carbocycles. The molecule has 20 heavy (non-hydrogen) atoms. The Kier molecular flexibility index (Phi) is 4.18. The van der Waals surface area contributed by atoms with Gasteiger partial charge in [0.25, 0.3) is 5.91 Å². The predicted octanol–water partition coefficient (Wildman–Crippen LogP) is 1.32. The summed E-state index contributed by atoms with van der Waals surface area (Å²) in [7, 11) is 1.77. The van der Waals surface area contributed by atoms with Gasteiger partial charge in [-0.05, 0) is 25.1 Å². The molecule has 0 aliphatic rings. The van der Waals surface area contributed by atoms with Crippen molar-refractivity contribution in [1.82, 2.24) is 9.78 Å². The van der Waals surface area contributed by atoms with Crippen molar-refractivity contribution in [2.24, 2.45) is 7.05 Å². The van der Waals surface area contributed by atoms with Crippen LogP contribution in [0.2, 0.25) is 0 Å². The van der Waals surface area contributed by atoms with Crippen LogP contribution in [0.1, 0.15) is 21.6 Å². The second kappa shape index (κ2) is 6.04. The van der Waals surface area contributed by atoms with E-state index in [9.17, 15) is 4.79 Å². The number of hydrogen-bond donors (Lipinski definition) is 2. The lowest BCUT2D eigenvalue weighted by molar-refractivity contribution is 0.102. The maximum atomic E-state index is 12.1. The van der Waals surface area contributed by atoms with Crippen molar-refractivity contribution >= 4 is 11.6 Å². The van der Waals surface area contributed by atoms with Crippen molar-refractivity contribution in [1.29, 1.82) is 0 Å². The summed E-state index contributed by atoms with van der Waals surface area (Å²) < 4.78 is 1.60. The lowest BCUT2D eigenvalue weighted by atomic mass is 10.2. The van der Waals surface area contributed by atoms with Gasteiger partial charge in [0.15, 0.2) is 0 Å². The normalized spacial score (nSPS) is 9.75. The number of aromatic nitrogens is 2. The van der Waals surface area contributed by atoms with Gasteiger partial charge < -0.3 is 10.4 Å². The van der Waals surface area contributed by atoms with E-state index in [0.29, 0.717) is 16.9 Å². The second-order valence-electron chi connectivity index (χ2n) is 4.30. The molecule has 5 nitrogen and oxygen atoms in total. The van der Waals surface area contributed by atoms with Crippen molar-refractivity contribution in [3.05, 3.63) is 47.3 Å². The van der Waals surface area contributed by atoms with Crippen molar-refractivity contribution in [3.8, 4) is 11.8 Å². The third-order valence-corrected chi connectivity index (χ3v) is 2.69. The Labute approximate surface area is 117 Å². The van der Waals surface area contributed by atoms with E-state index in [4.69, 9.17) is 5.11 Å². The van der Waals surface area contributed by atoms with Crippen LogP contribution in [-0.2, 0) is 7.05 Å². The molecule has 1 aromatic heterocycles. The van der Waals surface area contributed by atoms with E-state index in [-0.39, 0.29) is 12.5 Å². The van der Waals surface area contributed by atoms with Gasteiger partial charge in [0.2, 0.25) is 0 Å². The van der Waals surface area contributed by atoms with Crippen LogP contribution in [0.3, 0.4) is 0 Å². The molecule has 2 aromatic rings. The molecule has 1 heterocycles. The number of rotatable bonds is 2. The van der Waals surface area contributed by atoms with E-state index in [1.54, 1.807) is 43.0 Å². The number of carbonyl (C=O) groups is 1. The van der Waals surface area contributed by atoms with Gasteiger partial charge in [-0.25, -0.2) is 0 Å². The number of amides is 1. The van der Waals surface area contributed by atoms with E-state index in [1.807, 2.05) is 6.07 Å². The van der Waals surface area contributed by atoms with Gasteiger partial charge in [0, 0.05) is 24.5 Å². The first kappa shape index (κ1) is 13.8. The van der Waals surface area contributed by atoms with Gasteiger partial charge in [-0.3, -0.25) is 9.48 Å². The average molecular weight is 269 g/mol. The molecule has 0 atom stereocenters. The topological polar surface area (TPSA) is 67.2 Å². The number of aryl methyl sites for hydroxylation is 2. The number of aliphatic hydroxyl groups is 1. The molecule has 0 radical (unpaired) electrons. The Morgan fingerprint density at radius 2 is 2.30 bits per heavy atom. The summed E-state index contributed by atoms with van der Waals surface area (Å²) in [6.45, 7) is 1.60. The summed E-state index contributed by atoms with van der Waals surface area (Å²) in [5.41, 5.74) is 2.61. The fraction of sp³-hybridized carbons (Fsp3) is 0.200. The van der Waals surface area contributed by atoms with Crippen molar-refractivity contribution < 1.29 is 9.90 Å². The first-order chi connectivity index (χ1) is 9.60. The van der Waals surface area contributed by atoms with Crippen molar-refractivity contribution in [3.63, 3.8) is 0 Å². The smallest absolute Gasteiger partial charge is 0.259 e. The average Bonchev–Trinajstić information content (AvgIpc) is 2.76. The molecule has 0 fully saturated rings. The number of nitrogens with zero attached hydrogens (tertiary/aromatic N) is 2. The molecule has 0 saturated heterocycles. The largest absolute Gasteiger partial charge is 0.384 e. The summed E-state index contributed by atoms with van der Waals surface area (Å²) in [5.74, 6) is 5.16. The number of hydrogen-bond acceptors (Lipinski definition) is 3. The zero-order valence-electron chi connectivity index (χ0n) is 11.3. The Bertz CT molecular complexity index is 693. The highest BCUT2D eigenvalue weighted by Gasteiger charge is 2.12. The minimum absolute atomic E-state index is 0.189. The Hall–Kier alpha value is -2.58. The lowest BCUT2D eigenvalue weighted by Crippen LogP contribution is -2.12. The van der Waals surface area contributed by atoms with Crippen LogP contribution in [0.4, 0.5) is 5.69 Å². The molecule has 0 bridgehead atoms. The minimum atomic E-state index is -0.206. The summed E-state index contributed by atoms with van der Waals surface area (Å²) in [4.78, 5) is 12.1. The van der Waals surface area contributed by atoms with Crippen LogP contribution in [0, 0.1) is 18.8 Å². The zero-order chi connectivity index (χ0) is 14.5. The summed E-state index contributed by atoms with van der Waals surface area (Å²) in [5, 5.41) is 15.6. The third kappa shape index (κ3) is 3.25. The van der Waals surface area contributed by atoms with Gasteiger partial charge in [0.1, 0.15) is 6.61 Å². The predicted molar refractivity (Wildman–Crippen MR) is 76.3 cm³/mol. The van der Waals surface area contributed by atoms with E-state index in [1.165, 1.54) is 0 Å². The summed E-state index contributed by atoms with van der Waals surface area (Å²) in [6, 6.07) is 7.15. The van der Waals surface area contributed by atoms with Gasteiger partial charge in [-0.15, -0.1) is 0 Å². The fourth-order valence-corrected chi connectivity index (χ4v) is 1.84. The lowest BCUT2D eigenvalue weighted by Gasteiger charge is -2.04. The SMILES string of the molecule is Cc1nn(C)cc1C(=O)Nc1cccc(C#CCO)c1. The van der Waals surface area contributed by atoms with Crippen LogP contribution in [-0.4, -0.2) is 27.4 Å². The molecule has 0 spiro atoms. The molecule has 2 rings (SSSR count). The number of benzene rings is 1. The van der Waals surface area contributed by atoms with Crippen molar-refractivity contribution in [2.45, 2.75) is 6.92 Å². The van der Waals surface area contributed by atoms with Gasteiger partial charge >= 0.3 is 0 Å². The zero-order valence-corrected chi connectivity index (χ0v) is 11.3. The molecule has 5 heteroatoms. The van der Waals surface area contributed by atoms with Gasteiger partial charge in [0.05, 0.1) is 11.3 Å². The first-order valence-corrected chi connectivity index (χ1v) is 6.11. The van der Waals surface area contributed by atoms with Crippen LogP contribution in [0.5, 0.6) is 0 Å². The van der Waals surface area contributed by atoms with E-state index >= 15 is 0 Å². The highest BCUT2D eigenvalue weighted by Crippen LogP contribution is 2.13. The van der Waals surface area contributed by atoms with Crippen LogP contribution in [0.25, 0.3) is 0 Å². The highest BCUT2D eigenvalue weighted by molar-refractivity contribution is 6.04. The second-order valence-corrected chi connectivity index (χ2v) is 4.30. The number of anilines is 1. The Balaban J connectivity index is 2.17. The molecule has 102 valence electrons. The molecule has 2 N–H and O–H groups in total. The maximum absolute atomic E-state index is 12.1. The summed E-state index contributed by atoms with van der Waals surface area (Å²) in [6.07, 6.45) is 1.68. The van der Waals surface area contributed by atoms with E-state index in [0.717, 1.165) is 5.56 Å². The van der Waals surface area contributed by atoms with Gasteiger partial charge in [-0.1, -0.05) is 17.9 Å². The number of aliphatic hydroxyl groups excluding tert-OH is 1. The van der Waals surface area contributed by atoms with Crippen LogP contribution < -0.4 is 5.32 Å². The third-order valence-electron chi connectivity index (χ3n) is 2.69. The van der Waals surface area contributed by atoms with Crippen LogP contribution >= 0.6 is 0 Å². The van der Waals surface area contributed by atoms with Gasteiger partial charge in [-0.2, -0.15) is 5.10 Å². The molecule has 0 saturated carbocycles. The molecular weight excluding hydrogens is 254 g/mol. The van der Waals surface area contributed by atoms with Crippen LogP contribution in [0.15, 0.2) is 30.5 Å². The Morgan fingerprint density at radius 3 is 2.95 bits per heavy atom. The monoisotopic (exact) mass is 269 g/mol. The molecule has 1 amide bonds. The molecular formula is C15H15N3O2. The molecule has 0 unspecified atom stereocenters. The maximum Gasteiger partial charge on any atom is 0.259 e. The Morgan fingerprint density at radius 1 is 1.50 bits per heavy atom. The van der Waals surface area contributed by atoms with Crippen molar-refractivity contribution in [2.75, 3.05) is 11.9 Å². The number of nitrogens with one attached hydrogen (secondary N) is 1. The molecule has 1 aromatic carbocycles. The first-order valence-electron chi connectivity index (χ1n) is 6.11. The quantitative estimate of drug-likeness (QED) is 0.808. The molecule has 0 aliphatic heterocycles. The fourth-order valence-electron chi connectivity index (χ4n) is 1.84. The van der Waals surface area contributed by atoms with E-state index < -0.39 is 0 Å². The number of carbonyl (C=O) groups excluding carboxylic acids is 1.